The number of carbonyl (C=O) groups excluding carboxylic acids is 1. The lowest BCUT2D eigenvalue weighted by Crippen LogP contribution is -2.46. The van der Waals surface area contributed by atoms with Gasteiger partial charge >= 0.3 is 0 Å². The number of imidazole rings is 1. The fourth-order valence-electron chi connectivity index (χ4n) is 3.51. The molecule has 3 heterocycles. The van der Waals surface area contributed by atoms with Crippen molar-refractivity contribution in [3.05, 3.63) is 42.1 Å². The van der Waals surface area contributed by atoms with Crippen LogP contribution in [0.5, 0.6) is 0 Å². The Morgan fingerprint density at radius 1 is 1.41 bits per heavy atom. The van der Waals surface area contributed by atoms with E-state index in [1.165, 1.54) is 0 Å². The number of aromatic nitrogens is 3. The van der Waals surface area contributed by atoms with E-state index in [4.69, 9.17) is 5.73 Å². The van der Waals surface area contributed by atoms with E-state index >= 15 is 0 Å². The molecule has 8 nitrogen and oxygen atoms in total. The summed E-state index contributed by atoms with van der Waals surface area (Å²) in [5.41, 5.74) is 6.43. The van der Waals surface area contributed by atoms with Gasteiger partial charge in [0.2, 0.25) is 5.91 Å². The summed E-state index contributed by atoms with van der Waals surface area (Å²) < 4.78 is 1.95. The van der Waals surface area contributed by atoms with Gasteiger partial charge in [-0.15, -0.1) is 0 Å². The van der Waals surface area contributed by atoms with Crippen molar-refractivity contribution in [2.24, 2.45) is 16.6 Å². The number of amides is 1. The number of nitrogens with two attached hydrogens (primary N) is 1. The first-order chi connectivity index (χ1) is 13.1. The Balaban J connectivity index is 1.58. The fraction of sp³-hybridized carbons (Fsp3) is 0.474. The number of guanidine groups is 1. The highest BCUT2D eigenvalue weighted by atomic mass is 16.1. The number of carbonyl (C=O) groups is 1. The number of primary amides is 1. The zero-order chi connectivity index (χ0) is 19.2. The van der Waals surface area contributed by atoms with Crippen LogP contribution < -0.4 is 11.1 Å². The number of hydrogen-bond donors (Lipinski definition) is 2. The molecule has 0 spiro atoms. The molecule has 1 atom stereocenters. The van der Waals surface area contributed by atoms with Crippen LogP contribution in [0.25, 0.3) is 5.82 Å². The van der Waals surface area contributed by atoms with Crippen molar-refractivity contribution >= 4 is 11.9 Å². The number of nitrogens with one attached hydrogen (secondary N) is 1. The molecule has 3 rings (SSSR count). The summed E-state index contributed by atoms with van der Waals surface area (Å²) in [6.07, 6.45) is 8.04. The maximum Gasteiger partial charge on any atom is 0.217 e. The van der Waals surface area contributed by atoms with Gasteiger partial charge in [0.25, 0.3) is 0 Å². The van der Waals surface area contributed by atoms with Crippen LogP contribution in [0.4, 0.5) is 0 Å². The van der Waals surface area contributed by atoms with Gasteiger partial charge in [0.1, 0.15) is 11.6 Å². The summed E-state index contributed by atoms with van der Waals surface area (Å²) in [6.45, 7) is 4.33. The van der Waals surface area contributed by atoms with Crippen molar-refractivity contribution in [2.75, 3.05) is 20.1 Å². The quantitative estimate of drug-likeness (QED) is 0.610. The van der Waals surface area contributed by atoms with Gasteiger partial charge in [-0.3, -0.25) is 14.4 Å². The van der Waals surface area contributed by atoms with Crippen molar-refractivity contribution in [3.8, 4) is 5.82 Å². The van der Waals surface area contributed by atoms with Crippen molar-refractivity contribution in [1.82, 2.24) is 24.8 Å². The fourth-order valence-corrected chi connectivity index (χ4v) is 3.51. The Morgan fingerprint density at radius 3 is 2.89 bits per heavy atom. The molecular formula is C19H27N7O. The van der Waals surface area contributed by atoms with Gasteiger partial charge in [-0.1, -0.05) is 6.07 Å². The highest BCUT2D eigenvalue weighted by Gasteiger charge is 2.23. The topological polar surface area (TPSA) is 101 Å². The average Bonchev–Trinajstić information content (AvgIpc) is 3.08. The van der Waals surface area contributed by atoms with Gasteiger partial charge in [0.15, 0.2) is 5.96 Å². The predicted octanol–water partition coefficient (Wildman–Crippen LogP) is 1.24. The van der Waals surface area contributed by atoms with Crippen LogP contribution in [0, 0.1) is 12.8 Å². The van der Waals surface area contributed by atoms with E-state index in [1.807, 2.05) is 36.0 Å². The minimum atomic E-state index is -0.232. The van der Waals surface area contributed by atoms with Crippen LogP contribution in [-0.4, -0.2) is 51.4 Å². The molecule has 2 aromatic rings. The third kappa shape index (κ3) is 4.84. The molecule has 1 amide bonds. The molecule has 1 aliphatic rings. The molecule has 1 saturated heterocycles. The maximum absolute atomic E-state index is 11.2. The molecule has 1 fully saturated rings. The first-order valence-electron chi connectivity index (χ1n) is 9.26. The first kappa shape index (κ1) is 18.9. The van der Waals surface area contributed by atoms with Crippen molar-refractivity contribution in [3.63, 3.8) is 0 Å². The summed E-state index contributed by atoms with van der Waals surface area (Å²) in [6, 6.07) is 4.03. The second-order valence-electron chi connectivity index (χ2n) is 6.89. The average molecular weight is 369 g/mol. The molecule has 0 aliphatic carbocycles. The van der Waals surface area contributed by atoms with Crippen molar-refractivity contribution in [2.45, 2.75) is 32.7 Å². The van der Waals surface area contributed by atoms with Gasteiger partial charge in [0, 0.05) is 51.7 Å². The third-order valence-corrected chi connectivity index (χ3v) is 4.85. The van der Waals surface area contributed by atoms with E-state index in [-0.39, 0.29) is 5.91 Å². The summed E-state index contributed by atoms with van der Waals surface area (Å²) in [5.74, 6) is 2.67. The van der Waals surface area contributed by atoms with E-state index in [0.717, 1.165) is 49.1 Å². The van der Waals surface area contributed by atoms with Gasteiger partial charge in [-0.05, 0) is 37.3 Å². The minimum Gasteiger partial charge on any atom is -0.370 e. The number of nitrogens with zero attached hydrogens (tertiary/aromatic N) is 5. The third-order valence-electron chi connectivity index (χ3n) is 4.85. The summed E-state index contributed by atoms with van der Waals surface area (Å²) in [5, 5.41) is 3.40. The smallest absolute Gasteiger partial charge is 0.217 e. The second kappa shape index (κ2) is 8.66. The van der Waals surface area contributed by atoms with Crippen LogP contribution in [-0.2, 0) is 11.3 Å². The zero-order valence-corrected chi connectivity index (χ0v) is 15.9. The van der Waals surface area contributed by atoms with Crippen LogP contribution in [0.3, 0.4) is 0 Å². The lowest BCUT2D eigenvalue weighted by Gasteiger charge is -2.34. The number of likely N-dealkylation sites (tertiary alicyclic amines) is 1. The number of piperidine rings is 1. The molecule has 0 saturated carbocycles. The molecule has 0 aromatic carbocycles. The Hall–Kier alpha value is -2.90. The van der Waals surface area contributed by atoms with Gasteiger partial charge < -0.3 is 16.0 Å². The summed E-state index contributed by atoms with van der Waals surface area (Å²) in [7, 11) is 1.78. The highest BCUT2D eigenvalue weighted by Crippen LogP contribution is 2.19. The SMILES string of the molecule is CN=C(NCc1ccc(-n2ccnc2C)nc1)N1CCCC(CC(N)=O)C1. The first-order valence-corrected chi connectivity index (χ1v) is 9.26. The molecule has 0 radical (unpaired) electrons. The molecule has 2 aromatic heterocycles. The maximum atomic E-state index is 11.2. The molecule has 8 heteroatoms. The largest absolute Gasteiger partial charge is 0.370 e. The lowest BCUT2D eigenvalue weighted by molar-refractivity contribution is -0.119. The van der Waals surface area contributed by atoms with Crippen LogP contribution in [0.1, 0.15) is 30.7 Å². The van der Waals surface area contributed by atoms with Crippen molar-refractivity contribution < 1.29 is 4.79 Å². The number of pyridine rings is 1. The summed E-state index contributed by atoms with van der Waals surface area (Å²) >= 11 is 0. The number of aliphatic imine (C=N–C) groups is 1. The minimum absolute atomic E-state index is 0.232. The molecule has 1 unspecified atom stereocenters. The standard InChI is InChI=1S/C19H27N7O/c1-14-22-7-9-26(14)18-6-5-16(11-23-18)12-24-19(21-2)25-8-3-4-15(13-25)10-17(20)27/h5-7,9,11,15H,3-4,8,10,12-13H2,1-2H3,(H2,20,27)(H,21,24). The Labute approximate surface area is 159 Å². The molecular weight excluding hydrogens is 342 g/mol. The van der Waals surface area contributed by atoms with E-state index in [9.17, 15) is 4.79 Å². The lowest BCUT2D eigenvalue weighted by atomic mass is 9.95. The second-order valence-corrected chi connectivity index (χ2v) is 6.89. The van der Waals surface area contributed by atoms with E-state index in [2.05, 4.69) is 25.2 Å². The van der Waals surface area contributed by atoms with E-state index in [1.54, 1.807) is 13.2 Å². The molecule has 3 N–H and O–H groups in total. The predicted molar refractivity (Wildman–Crippen MR) is 104 cm³/mol. The van der Waals surface area contributed by atoms with Crippen LogP contribution in [0.2, 0.25) is 0 Å². The Kier molecular flexibility index (Phi) is 6.05. The Morgan fingerprint density at radius 2 is 2.26 bits per heavy atom. The van der Waals surface area contributed by atoms with E-state index < -0.39 is 0 Å². The molecule has 1 aliphatic heterocycles. The number of aryl methyl sites for hydroxylation is 1. The van der Waals surface area contributed by atoms with Crippen LogP contribution >= 0.6 is 0 Å². The normalized spacial score (nSPS) is 17.8. The van der Waals surface area contributed by atoms with Crippen molar-refractivity contribution in [1.29, 1.82) is 0 Å². The highest BCUT2D eigenvalue weighted by molar-refractivity contribution is 5.80. The van der Waals surface area contributed by atoms with Gasteiger partial charge in [-0.25, -0.2) is 9.97 Å². The molecule has 144 valence electrons. The van der Waals surface area contributed by atoms with Gasteiger partial charge in [-0.2, -0.15) is 0 Å². The zero-order valence-electron chi connectivity index (χ0n) is 15.9. The monoisotopic (exact) mass is 369 g/mol. The Bertz CT molecular complexity index is 797. The molecule has 27 heavy (non-hydrogen) atoms. The summed E-state index contributed by atoms with van der Waals surface area (Å²) in [4.78, 5) is 26.5. The number of hydrogen-bond acceptors (Lipinski definition) is 4. The van der Waals surface area contributed by atoms with Crippen LogP contribution in [0.15, 0.2) is 35.7 Å². The van der Waals surface area contributed by atoms with E-state index in [0.29, 0.717) is 18.9 Å². The molecule has 0 bridgehead atoms. The van der Waals surface area contributed by atoms with Gasteiger partial charge in [0.05, 0.1) is 0 Å². The number of rotatable bonds is 5.